The molecule has 2 aliphatic rings. The lowest BCUT2D eigenvalue weighted by Gasteiger charge is -2.36. The number of rotatable bonds is 8. The first kappa shape index (κ1) is 26.6. The highest BCUT2D eigenvalue weighted by atomic mass is 32.2. The molecule has 1 aromatic heterocycles. The van der Waals surface area contributed by atoms with E-state index in [1.54, 1.807) is 24.3 Å². The van der Waals surface area contributed by atoms with E-state index in [0.29, 0.717) is 23.5 Å². The van der Waals surface area contributed by atoms with Crippen LogP contribution in [0.4, 0.5) is 11.4 Å². The SMILES string of the molecule is CCCCc1ccc(NS(=O)c2cccc(C(=O)N3CCN(c4ccnc5c4C=CC5)CC3)c2)cc1.O. The number of unbranched alkanes of at least 4 members (excludes halogenated alkanes) is 1. The molecule has 1 aliphatic carbocycles. The Morgan fingerprint density at radius 2 is 1.84 bits per heavy atom. The van der Waals surface area contributed by atoms with Crippen molar-refractivity contribution in [3.63, 3.8) is 0 Å². The fourth-order valence-electron chi connectivity index (χ4n) is 4.78. The minimum absolute atomic E-state index is 0. The number of amides is 1. The smallest absolute Gasteiger partial charge is 0.254 e. The molecule has 1 saturated heterocycles. The summed E-state index contributed by atoms with van der Waals surface area (Å²) in [7, 11) is -1.45. The number of carbonyl (C=O) groups excluding carboxylic acids is 1. The summed E-state index contributed by atoms with van der Waals surface area (Å²) in [5.41, 5.74) is 6.18. The van der Waals surface area contributed by atoms with E-state index in [-0.39, 0.29) is 11.4 Å². The van der Waals surface area contributed by atoms with Crippen molar-refractivity contribution >= 4 is 34.3 Å². The molecule has 1 unspecified atom stereocenters. The van der Waals surface area contributed by atoms with Gasteiger partial charge in [-0.25, -0.2) is 4.21 Å². The number of nitrogens with zero attached hydrogens (tertiary/aromatic N) is 3. The maximum absolute atomic E-state index is 13.3. The van der Waals surface area contributed by atoms with Crippen LogP contribution in [0.15, 0.2) is 71.8 Å². The fraction of sp³-hybridized carbons (Fsp3) is 0.310. The van der Waals surface area contributed by atoms with Crippen LogP contribution in [0.2, 0.25) is 0 Å². The van der Waals surface area contributed by atoms with Gasteiger partial charge < -0.3 is 20.0 Å². The Kier molecular flexibility index (Phi) is 8.74. The quantitative estimate of drug-likeness (QED) is 0.482. The zero-order chi connectivity index (χ0) is 24.9. The van der Waals surface area contributed by atoms with Gasteiger partial charge in [0.2, 0.25) is 0 Å². The van der Waals surface area contributed by atoms with E-state index in [0.717, 1.165) is 43.7 Å². The molecule has 0 radical (unpaired) electrons. The molecule has 3 N–H and O–H groups in total. The third-order valence-electron chi connectivity index (χ3n) is 6.83. The van der Waals surface area contributed by atoms with Crippen LogP contribution in [-0.2, 0) is 23.8 Å². The molecule has 0 bridgehead atoms. The third kappa shape index (κ3) is 6.09. The molecule has 8 heteroatoms. The number of nitrogens with one attached hydrogen (secondary N) is 1. The highest BCUT2D eigenvalue weighted by Gasteiger charge is 2.25. The van der Waals surface area contributed by atoms with Crippen molar-refractivity contribution in [1.82, 2.24) is 9.88 Å². The van der Waals surface area contributed by atoms with Crippen molar-refractivity contribution in [1.29, 1.82) is 0 Å². The molecule has 1 atom stereocenters. The van der Waals surface area contributed by atoms with Gasteiger partial charge in [0, 0.05) is 61.3 Å². The van der Waals surface area contributed by atoms with Gasteiger partial charge in [-0.15, -0.1) is 0 Å². The van der Waals surface area contributed by atoms with Crippen LogP contribution in [-0.4, -0.2) is 51.7 Å². The molecule has 1 fully saturated rings. The molecular formula is C29H34N4O3S. The Labute approximate surface area is 221 Å². The van der Waals surface area contributed by atoms with Crippen LogP contribution in [0.1, 0.15) is 46.9 Å². The second kappa shape index (κ2) is 12.2. The summed E-state index contributed by atoms with van der Waals surface area (Å²) in [5, 5.41) is 0. The molecule has 0 saturated carbocycles. The van der Waals surface area contributed by atoms with Gasteiger partial charge in [0.25, 0.3) is 5.91 Å². The van der Waals surface area contributed by atoms with E-state index < -0.39 is 11.0 Å². The number of hydrogen-bond acceptors (Lipinski definition) is 4. The maximum Gasteiger partial charge on any atom is 0.254 e. The maximum atomic E-state index is 13.3. The average molecular weight is 519 g/mol. The molecule has 1 amide bonds. The highest BCUT2D eigenvalue weighted by molar-refractivity contribution is 7.86. The monoisotopic (exact) mass is 518 g/mol. The van der Waals surface area contributed by atoms with Gasteiger partial charge in [-0.05, 0) is 54.8 Å². The number of pyridine rings is 1. The highest BCUT2D eigenvalue weighted by Crippen LogP contribution is 2.29. The van der Waals surface area contributed by atoms with Gasteiger partial charge in [0.1, 0.15) is 11.0 Å². The van der Waals surface area contributed by atoms with Crippen LogP contribution in [0.3, 0.4) is 0 Å². The number of hydrogen-bond donors (Lipinski definition) is 1. The summed E-state index contributed by atoms with van der Waals surface area (Å²) in [6.45, 7) is 5.03. The van der Waals surface area contributed by atoms with Gasteiger partial charge >= 0.3 is 0 Å². The van der Waals surface area contributed by atoms with Gasteiger partial charge in [-0.3, -0.25) is 9.78 Å². The second-order valence-corrected chi connectivity index (χ2v) is 10.5. The van der Waals surface area contributed by atoms with Gasteiger partial charge in [-0.1, -0.05) is 43.7 Å². The fourth-order valence-corrected chi connectivity index (χ4v) is 5.68. The molecule has 2 heterocycles. The lowest BCUT2D eigenvalue weighted by Crippen LogP contribution is -2.49. The van der Waals surface area contributed by atoms with E-state index in [2.05, 4.69) is 51.9 Å². The Morgan fingerprint density at radius 1 is 1.05 bits per heavy atom. The lowest BCUT2D eigenvalue weighted by molar-refractivity contribution is 0.0746. The normalized spacial score (nSPS) is 15.2. The van der Waals surface area contributed by atoms with Crippen LogP contribution in [0, 0.1) is 0 Å². The van der Waals surface area contributed by atoms with Crippen molar-refractivity contribution < 1.29 is 14.5 Å². The molecule has 0 spiro atoms. The number of aryl methyl sites for hydroxylation is 1. The summed E-state index contributed by atoms with van der Waals surface area (Å²) in [5.74, 6) is -0.0198. The molecule has 37 heavy (non-hydrogen) atoms. The molecule has 5 rings (SSSR count). The van der Waals surface area contributed by atoms with Crippen LogP contribution in [0.5, 0.6) is 0 Å². The zero-order valence-electron chi connectivity index (χ0n) is 21.2. The average Bonchev–Trinajstić information content (AvgIpc) is 3.42. The first-order valence-electron chi connectivity index (χ1n) is 12.7. The standard InChI is InChI=1S/C29H32N4O2S.H2O/c1-2-3-6-22-11-13-24(14-12-22)31-36(35)25-8-4-7-23(21-25)29(34)33-19-17-32(18-20-33)28-15-16-30-27-10-5-9-26(27)28;/h4-5,7-9,11-16,21,31H,2-3,6,10,17-20H2,1H3;1H2. The van der Waals surface area contributed by atoms with Crippen LogP contribution >= 0.6 is 0 Å². The predicted molar refractivity (Wildman–Crippen MR) is 150 cm³/mol. The van der Waals surface area contributed by atoms with Gasteiger partial charge in [0.15, 0.2) is 0 Å². The van der Waals surface area contributed by atoms with Crippen molar-refractivity contribution in [2.75, 3.05) is 35.8 Å². The summed E-state index contributed by atoms with van der Waals surface area (Å²) < 4.78 is 16.0. The number of anilines is 2. The topological polar surface area (TPSA) is 97.0 Å². The molecule has 194 valence electrons. The summed E-state index contributed by atoms with van der Waals surface area (Å²) in [4.78, 5) is 22.5. The van der Waals surface area contributed by atoms with Crippen LogP contribution in [0.25, 0.3) is 6.08 Å². The van der Waals surface area contributed by atoms with Crippen molar-refractivity contribution in [2.45, 2.75) is 37.5 Å². The largest absolute Gasteiger partial charge is 0.412 e. The Morgan fingerprint density at radius 3 is 2.59 bits per heavy atom. The van der Waals surface area contributed by atoms with Crippen LogP contribution < -0.4 is 9.62 Å². The number of aromatic nitrogens is 1. The van der Waals surface area contributed by atoms with Gasteiger partial charge in [-0.2, -0.15) is 0 Å². The Hall–Kier alpha value is -3.49. The Bertz CT molecular complexity index is 1280. The Balaban J connectivity index is 0.00000320. The van der Waals surface area contributed by atoms with Crippen molar-refractivity contribution in [2.24, 2.45) is 0 Å². The molecule has 7 nitrogen and oxygen atoms in total. The lowest BCUT2D eigenvalue weighted by atomic mass is 10.1. The van der Waals surface area contributed by atoms with E-state index in [4.69, 9.17) is 0 Å². The molecule has 1 aliphatic heterocycles. The summed E-state index contributed by atoms with van der Waals surface area (Å²) in [6, 6.07) is 17.3. The minimum atomic E-state index is -1.45. The van der Waals surface area contributed by atoms with Crippen molar-refractivity contribution in [3.05, 3.63) is 89.3 Å². The minimum Gasteiger partial charge on any atom is -0.412 e. The van der Waals surface area contributed by atoms with E-state index in [1.807, 2.05) is 23.2 Å². The molecular weight excluding hydrogens is 484 g/mol. The van der Waals surface area contributed by atoms with E-state index in [9.17, 15) is 9.00 Å². The second-order valence-electron chi connectivity index (χ2n) is 9.28. The molecule has 2 aromatic carbocycles. The number of fused-ring (bicyclic) bond motifs is 1. The number of allylic oxidation sites excluding steroid dienone is 1. The first-order valence-corrected chi connectivity index (χ1v) is 13.8. The van der Waals surface area contributed by atoms with E-state index >= 15 is 0 Å². The number of carbonyl (C=O) groups is 1. The number of piperazine rings is 1. The van der Waals surface area contributed by atoms with Gasteiger partial charge in [0.05, 0.1) is 10.6 Å². The number of benzene rings is 2. The zero-order valence-corrected chi connectivity index (χ0v) is 22.0. The predicted octanol–water partition coefficient (Wildman–Crippen LogP) is 4.27. The third-order valence-corrected chi connectivity index (χ3v) is 7.93. The van der Waals surface area contributed by atoms with E-state index in [1.165, 1.54) is 23.2 Å². The summed E-state index contributed by atoms with van der Waals surface area (Å²) >= 11 is 0. The molecule has 3 aromatic rings. The first-order chi connectivity index (χ1) is 17.6. The summed E-state index contributed by atoms with van der Waals surface area (Å²) in [6.07, 6.45) is 10.4. The van der Waals surface area contributed by atoms with Crippen molar-refractivity contribution in [3.8, 4) is 0 Å².